The molecule has 2 aliphatic heterocycles. The molecule has 0 spiro atoms. The minimum atomic E-state index is -3.26. The van der Waals surface area contributed by atoms with E-state index in [1.165, 1.54) is 104 Å². The third kappa shape index (κ3) is 8.11. The monoisotopic (exact) mass is 978 g/mol. The molecule has 11 rings (SSSR count). The Kier molecular flexibility index (Phi) is 12.8. The Labute approximate surface area is 443 Å². The lowest BCUT2D eigenvalue weighted by Gasteiger charge is -2.45. The summed E-state index contributed by atoms with van der Waals surface area (Å²) in [7, 11) is -3.26. The van der Waals surface area contributed by atoms with Crippen molar-refractivity contribution < 1.29 is 4.74 Å². The van der Waals surface area contributed by atoms with Crippen LogP contribution in [0, 0.1) is 41.5 Å². The van der Waals surface area contributed by atoms with Crippen molar-refractivity contribution in [3.63, 3.8) is 0 Å². The zero-order valence-corrected chi connectivity index (χ0v) is 46.6. The van der Waals surface area contributed by atoms with Gasteiger partial charge in [0.15, 0.2) is 19.6 Å². The number of benzene rings is 9. The van der Waals surface area contributed by atoms with Crippen LogP contribution in [0.25, 0.3) is 0 Å². The maximum absolute atomic E-state index is 6.66. The minimum absolute atomic E-state index is 0.00931. The number of rotatable bonds is 10. The predicted molar refractivity (Wildman–Crippen MR) is 324 cm³/mol. The van der Waals surface area contributed by atoms with E-state index in [1.807, 2.05) is 0 Å². The molecule has 0 aromatic heterocycles. The summed E-state index contributed by atoms with van der Waals surface area (Å²) in [4.78, 5) is 2.45. The maximum Gasteiger partial charge on any atom is 0.242 e. The van der Waals surface area contributed by atoms with Crippen molar-refractivity contribution >= 4 is 92.1 Å². The van der Waals surface area contributed by atoms with Crippen LogP contribution in [-0.4, -0.2) is 21.5 Å². The highest BCUT2D eigenvalue weighted by atomic mass is 28.3. The van der Waals surface area contributed by atoms with Crippen LogP contribution in [0.15, 0.2) is 182 Å². The molecule has 366 valence electrons. The fraction of sp³-hybridized carbons (Fsp3) is 0.217. The predicted octanol–water partition coefficient (Wildman–Crippen LogP) is 11.2. The van der Waals surface area contributed by atoms with Crippen molar-refractivity contribution in [2.75, 3.05) is 4.90 Å². The highest BCUT2D eigenvalue weighted by Gasteiger charge is 2.52. The first-order chi connectivity index (χ1) is 35.7. The molecule has 0 radical (unpaired) electrons. The molecule has 2 nitrogen and oxygen atoms in total. The maximum atomic E-state index is 6.66. The van der Waals surface area contributed by atoms with Crippen LogP contribution in [0.5, 0.6) is 11.5 Å². The molecule has 0 atom stereocenters. The van der Waals surface area contributed by atoms with Crippen LogP contribution in [0.3, 0.4) is 0 Å². The number of hydrogen-bond donors (Lipinski definition) is 0. The van der Waals surface area contributed by atoms with Gasteiger partial charge in [0.2, 0.25) is 13.4 Å². The Morgan fingerprint density at radius 3 is 1.34 bits per heavy atom. The Morgan fingerprint density at radius 2 is 0.878 bits per heavy atom. The molecule has 9 aromatic rings. The van der Waals surface area contributed by atoms with Gasteiger partial charge in [0, 0.05) is 5.69 Å². The van der Waals surface area contributed by atoms with Crippen molar-refractivity contribution in [3.8, 4) is 11.5 Å². The molecule has 0 fully saturated rings. The van der Waals surface area contributed by atoms with Gasteiger partial charge in [0.25, 0.3) is 0 Å². The number of hydrogen-bond acceptors (Lipinski definition) is 2. The highest BCUT2D eigenvalue weighted by molar-refractivity contribution is 7.26. The van der Waals surface area contributed by atoms with Crippen LogP contribution in [-0.2, 0) is 0 Å². The van der Waals surface area contributed by atoms with Gasteiger partial charge in [-0.1, -0.05) is 258 Å². The van der Waals surface area contributed by atoms with E-state index in [1.54, 1.807) is 0 Å². The number of aryl methyl sites for hydroxylation is 6. The zero-order chi connectivity index (χ0) is 51.7. The van der Waals surface area contributed by atoms with Crippen molar-refractivity contribution in [1.82, 2.24) is 0 Å². The van der Waals surface area contributed by atoms with E-state index >= 15 is 0 Å². The van der Waals surface area contributed by atoms with E-state index in [-0.39, 0.29) is 13.4 Å². The molecule has 0 N–H and O–H groups in total. The van der Waals surface area contributed by atoms with Crippen LogP contribution in [0.4, 0.5) is 17.1 Å². The van der Waals surface area contributed by atoms with Gasteiger partial charge in [0.05, 0.1) is 11.4 Å². The number of ether oxygens (including phenoxy) is 1. The van der Waals surface area contributed by atoms with Crippen molar-refractivity contribution in [3.05, 3.63) is 232 Å². The van der Waals surface area contributed by atoms with Gasteiger partial charge in [0.1, 0.15) is 0 Å². The van der Waals surface area contributed by atoms with E-state index in [9.17, 15) is 0 Å². The molecule has 9 aromatic carbocycles. The summed E-state index contributed by atoms with van der Waals surface area (Å²) in [6, 6.07) is 70.5. The number of fused-ring (bicyclic) bond motifs is 4. The molecule has 2 heterocycles. The molecule has 74 heavy (non-hydrogen) atoms. The molecule has 2 aliphatic rings. The van der Waals surface area contributed by atoms with Gasteiger partial charge in [-0.15, -0.1) is 0 Å². The van der Waals surface area contributed by atoms with E-state index < -0.39 is 8.07 Å². The number of para-hydroxylation sites is 4. The third-order valence-corrected chi connectivity index (χ3v) is 21.4. The number of nitrogens with zero attached hydrogens (tertiary/aromatic N) is 1. The van der Waals surface area contributed by atoms with Gasteiger partial charge in [-0.05, 0) is 128 Å². The van der Waals surface area contributed by atoms with E-state index in [0.717, 1.165) is 28.6 Å². The van der Waals surface area contributed by atoms with Crippen LogP contribution in [0.2, 0.25) is 0 Å². The second kappa shape index (κ2) is 19.3. The minimum Gasteiger partial charge on any atom is -0.453 e. The highest BCUT2D eigenvalue weighted by Crippen LogP contribution is 2.50. The number of anilines is 3. The second-order valence-electron chi connectivity index (χ2n) is 22.5. The van der Waals surface area contributed by atoms with E-state index in [2.05, 4.69) is 270 Å². The van der Waals surface area contributed by atoms with Gasteiger partial charge < -0.3 is 9.64 Å². The average molecular weight is 978 g/mol. The van der Waals surface area contributed by atoms with Crippen molar-refractivity contribution in [2.45, 2.75) is 101 Å². The fourth-order valence-corrected chi connectivity index (χ4v) is 18.8. The molecule has 0 aliphatic carbocycles. The summed E-state index contributed by atoms with van der Waals surface area (Å²) in [6.45, 7) is 28.2. The summed E-state index contributed by atoms with van der Waals surface area (Å²) in [5.74, 6) is 2.74. The summed E-state index contributed by atoms with van der Waals surface area (Å²) >= 11 is 0. The van der Waals surface area contributed by atoms with Crippen molar-refractivity contribution in [2.24, 2.45) is 0 Å². The summed E-state index contributed by atoms with van der Waals surface area (Å²) in [6.07, 6.45) is 0. The molecule has 0 bridgehead atoms. The lowest BCUT2D eigenvalue weighted by atomic mass is 9.32. The topological polar surface area (TPSA) is 12.5 Å². The van der Waals surface area contributed by atoms with E-state index in [0.29, 0.717) is 17.8 Å². The van der Waals surface area contributed by atoms with Gasteiger partial charge in [-0.25, -0.2) is 0 Å². The Morgan fingerprint density at radius 1 is 0.446 bits per heavy atom. The van der Waals surface area contributed by atoms with Gasteiger partial charge in [-0.2, -0.15) is 0 Å². The Hall–Kier alpha value is -7.07. The standard InChI is InChI=1S/C69H69B2NOSi/c1-43(2)52-39-57(44(3)4)69(58(40-52)45(5)6)71-59-33-31-53(70(67-48(9)35-46(7)36-49(67)10)68-50(11)37-47(8)38-51(68)12)41-65(59)74(55-23-15-13-16-24-55,56-25-17-14-18-26-56)66-42-54(32-34-60(66)71)72-61-27-19-21-29-63(61)73-64-30-22-20-28-62(64)72/h13-45H,1-12H3. The lowest BCUT2D eigenvalue weighted by Crippen LogP contribution is -2.87. The Balaban J connectivity index is 1.33. The molecule has 0 saturated heterocycles. The molecule has 0 saturated carbocycles. The van der Waals surface area contributed by atoms with E-state index in [4.69, 9.17) is 4.74 Å². The Bertz CT molecular complexity index is 3400. The van der Waals surface area contributed by atoms with Crippen molar-refractivity contribution in [1.29, 1.82) is 0 Å². The normalized spacial score (nSPS) is 13.4. The summed E-state index contributed by atoms with van der Waals surface area (Å²) in [5.41, 5.74) is 23.9. The average Bonchev–Trinajstić information content (AvgIpc) is 3.42. The van der Waals surface area contributed by atoms with Gasteiger partial charge >= 0.3 is 0 Å². The first kappa shape index (κ1) is 49.2. The smallest absolute Gasteiger partial charge is 0.242 e. The molecule has 5 heteroatoms. The van der Waals surface area contributed by atoms with Gasteiger partial charge in [-0.3, -0.25) is 0 Å². The second-order valence-corrected chi connectivity index (χ2v) is 26.3. The quantitative estimate of drug-likeness (QED) is 0.127. The third-order valence-electron chi connectivity index (χ3n) is 16.5. The van der Waals surface area contributed by atoms with Crippen LogP contribution < -0.4 is 63.2 Å². The SMILES string of the molecule is Cc1cc(C)c(B(c2ccc3c(c2)[Si](c2ccccc2)(c2ccccc2)c2cc(N4c5ccccc5Oc5ccccc54)ccc2B3c2c(C(C)C)cc(C(C)C)cc2C(C)C)c2c(C)cc(C)cc2C)c(C)c1. The summed E-state index contributed by atoms with van der Waals surface area (Å²) < 4.78 is 6.66. The lowest BCUT2D eigenvalue weighted by molar-refractivity contribution is 0.477. The summed E-state index contributed by atoms with van der Waals surface area (Å²) in [5, 5.41) is 5.67. The molecular formula is C69H69B2NOSi. The van der Waals surface area contributed by atoms with Crippen LogP contribution in [0.1, 0.15) is 109 Å². The molecular weight excluding hydrogens is 908 g/mol. The van der Waals surface area contributed by atoms with Crippen LogP contribution >= 0.6 is 0 Å². The first-order valence-electron chi connectivity index (χ1n) is 27.1. The molecule has 0 unspecified atom stereocenters. The molecule has 0 amide bonds. The zero-order valence-electron chi connectivity index (χ0n) is 45.6. The fourth-order valence-electron chi connectivity index (χ4n) is 13.5. The largest absolute Gasteiger partial charge is 0.453 e. The first-order valence-corrected chi connectivity index (χ1v) is 29.1.